The molecule has 0 aliphatic carbocycles. The zero-order valence-electron chi connectivity index (χ0n) is 15.9. The molecular weight excluding hydrogens is 332 g/mol. The van der Waals surface area contributed by atoms with E-state index in [1.807, 2.05) is 18.9 Å². The van der Waals surface area contributed by atoms with Crippen LogP contribution >= 0.6 is 0 Å². The Morgan fingerprint density at radius 3 is 2.42 bits per heavy atom. The number of aryl methyl sites for hydroxylation is 1. The fourth-order valence-corrected chi connectivity index (χ4v) is 4.00. The zero-order chi connectivity index (χ0) is 18.9. The monoisotopic (exact) mass is 360 g/mol. The third kappa shape index (κ3) is 3.53. The first-order valence-corrected chi connectivity index (χ1v) is 9.25. The summed E-state index contributed by atoms with van der Waals surface area (Å²) in [4.78, 5) is 43.8. The SMILES string of the molecule is CN1CCC(C)(C(=O)N2CCCN(C(=O)c3cccn(C)c3=O)CC2)C1. The topological polar surface area (TPSA) is 65.9 Å². The van der Waals surface area contributed by atoms with Crippen molar-refractivity contribution in [2.75, 3.05) is 46.3 Å². The average molecular weight is 360 g/mol. The van der Waals surface area contributed by atoms with Crippen LogP contribution in [0.3, 0.4) is 0 Å². The predicted octanol–water partition coefficient (Wildman–Crippen LogP) is 0.402. The smallest absolute Gasteiger partial charge is 0.263 e. The molecule has 2 aliphatic heterocycles. The van der Waals surface area contributed by atoms with Gasteiger partial charge in [-0.05, 0) is 45.5 Å². The lowest BCUT2D eigenvalue weighted by atomic mass is 9.88. The van der Waals surface area contributed by atoms with Gasteiger partial charge < -0.3 is 19.3 Å². The molecule has 0 radical (unpaired) electrons. The van der Waals surface area contributed by atoms with Crippen LogP contribution in [0.5, 0.6) is 0 Å². The van der Waals surface area contributed by atoms with Crippen molar-refractivity contribution in [3.8, 4) is 0 Å². The maximum absolute atomic E-state index is 13.0. The number of carbonyl (C=O) groups is 2. The first kappa shape index (κ1) is 18.6. The van der Waals surface area contributed by atoms with Gasteiger partial charge in [-0.3, -0.25) is 14.4 Å². The van der Waals surface area contributed by atoms with Gasteiger partial charge in [-0.15, -0.1) is 0 Å². The Morgan fingerprint density at radius 1 is 1.04 bits per heavy atom. The molecule has 2 saturated heterocycles. The number of aromatic nitrogens is 1. The summed E-state index contributed by atoms with van der Waals surface area (Å²) < 4.78 is 1.41. The van der Waals surface area contributed by atoms with E-state index in [1.54, 1.807) is 30.3 Å². The molecule has 2 aliphatic rings. The van der Waals surface area contributed by atoms with Crippen molar-refractivity contribution < 1.29 is 9.59 Å². The maximum Gasteiger partial charge on any atom is 0.263 e. The van der Waals surface area contributed by atoms with Crippen LogP contribution in [0.2, 0.25) is 0 Å². The van der Waals surface area contributed by atoms with Crippen LogP contribution in [0.15, 0.2) is 23.1 Å². The highest BCUT2D eigenvalue weighted by Gasteiger charge is 2.41. The number of rotatable bonds is 2. The molecule has 3 heterocycles. The zero-order valence-corrected chi connectivity index (χ0v) is 15.9. The molecule has 0 bridgehead atoms. The van der Waals surface area contributed by atoms with Gasteiger partial charge in [-0.1, -0.05) is 0 Å². The highest BCUT2D eigenvalue weighted by Crippen LogP contribution is 2.31. The normalized spacial score (nSPS) is 24.6. The van der Waals surface area contributed by atoms with Crippen LogP contribution in [0, 0.1) is 5.41 Å². The van der Waals surface area contributed by atoms with E-state index in [-0.39, 0.29) is 28.4 Å². The molecule has 1 atom stereocenters. The van der Waals surface area contributed by atoms with Crippen LogP contribution in [-0.4, -0.2) is 77.4 Å². The Balaban J connectivity index is 1.68. The highest BCUT2D eigenvalue weighted by molar-refractivity contribution is 5.94. The number of hydrogen-bond acceptors (Lipinski definition) is 4. The molecule has 26 heavy (non-hydrogen) atoms. The minimum absolute atomic E-state index is 0.187. The standard InChI is InChI=1S/C19H28N4O3/c1-19(7-11-20(2)14-19)18(26)23-10-5-9-22(12-13-23)17(25)15-6-4-8-21(3)16(15)24/h4,6,8H,5,7,9-14H2,1-3H3. The van der Waals surface area contributed by atoms with Gasteiger partial charge in [0.15, 0.2) is 0 Å². The molecule has 2 fully saturated rings. The molecule has 2 amide bonds. The summed E-state index contributed by atoms with van der Waals surface area (Å²) in [5.74, 6) is -0.0564. The molecule has 0 saturated carbocycles. The Morgan fingerprint density at radius 2 is 1.73 bits per heavy atom. The summed E-state index contributed by atoms with van der Waals surface area (Å²) in [7, 11) is 3.68. The van der Waals surface area contributed by atoms with Crippen molar-refractivity contribution in [3.05, 3.63) is 34.2 Å². The van der Waals surface area contributed by atoms with Gasteiger partial charge in [0.2, 0.25) is 5.91 Å². The Kier molecular flexibility index (Phi) is 5.18. The third-order valence-corrected chi connectivity index (χ3v) is 5.60. The second-order valence-corrected chi connectivity index (χ2v) is 7.82. The molecule has 142 valence electrons. The first-order chi connectivity index (χ1) is 12.3. The predicted molar refractivity (Wildman–Crippen MR) is 99.0 cm³/mol. The number of pyridine rings is 1. The van der Waals surface area contributed by atoms with Gasteiger partial charge in [0.25, 0.3) is 11.5 Å². The van der Waals surface area contributed by atoms with E-state index in [2.05, 4.69) is 4.90 Å². The lowest BCUT2D eigenvalue weighted by Crippen LogP contribution is -2.45. The molecule has 7 nitrogen and oxygen atoms in total. The van der Waals surface area contributed by atoms with Gasteiger partial charge in [0.1, 0.15) is 5.56 Å². The van der Waals surface area contributed by atoms with Crippen LogP contribution < -0.4 is 5.56 Å². The number of carbonyl (C=O) groups excluding carboxylic acids is 2. The van der Waals surface area contributed by atoms with E-state index in [9.17, 15) is 14.4 Å². The number of nitrogens with zero attached hydrogens (tertiary/aromatic N) is 4. The Labute approximate surface area is 154 Å². The molecule has 0 N–H and O–H groups in total. The van der Waals surface area contributed by atoms with E-state index in [1.165, 1.54) is 4.57 Å². The molecular formula is C19H28N4O3. The van der Waals surface area contributed by atoms with Gasteiger partial charge in [-0.25, -0.2) is 0 Å². The largest absolute Gasteiger partial charge is 0.340 e. The first-order valence-electron chi connectivity index (χ1n) is 9.25. The summed E-state index contributed by atoms with van der Waals surface area (Å²) in [5, 5.41) is 0. The van der Waals surface area contributed by atoms with Gasteiger partial charge in [0, 0.05) is 46.0 Å². The molecule has 1 unspecified atom stereocenters. The van der Waals surface area contributed by atoms with Crippen molar-refractivity contribution in [2.24, 2.45) is 12.5 Å². The summed E-state index contributed by atoms with van der Waals surface area (Å²) in [6.45, 7) is 5.99. The van der Waals surface area contributed by atoms with Crippen molar-refractivity contribution in [1.29, 1.82) is 0 Å². The second kappa shape index (κ2) is 7.23. The highest BCUT2D eigenvalue weighted by atomic mass is 16.2. The van der Waals surface area contributed by atoms with Crippen molar-refractivity contribution in [2.45, 2.75) is 19.8 Å². The van der Waals surface area contributed by atoms with Gasteiger partial charge >= 0.3 is 0 Å². The van der Waals surface area contributed by atoms with Gasteiger partial charge in [0.05, 0.1) is 5.41 Å². The van der Waals surface area contributed by atoms with Crippen LogP contribution in [0.4, 0.5) is 0 Å². The fraction of sp³-hybridized carbons (Fsp3) is 0.632. The average Bonchev–Trinajstić information content (AvgIpc) is 2.83. The van der Waals surface area contributed by atoms with Crippen molar-refractivity contribution >= 4 is 11.8 Å². The van der Waals surface area contributed by atoms with Crippen molar-refractivity contribution in [3.63, 3.8) is 0 Å². The van der Waals surface area contributed by atoms with Crippen LogP contribution in [0.25, 0.3) is 0 Å². The summed E-state index contributed by atoms with van der Waals surface area (Å²) in [6.07, 6.45) is 3.25. The fourth-order valence-electron chi connectivity index (χ4n) is 4.00. The van der Waals surface area contributed by atoms with Crippen LogP contribution in [0.1, 0.15) is 30.1 Å². The lowest BCUT2D eigenvalue weighted by Gasteiger charge is -2.31. The second-order valence-electron chi connectivity index (χ2n) is 7.82. The third-order valence-electron chi connectivity index (χ3n) is 5.60. The number of likely N-dealkylation sites (tertiary alicyclic amines) is 1. The molecule has 3 rings (SSSR count). The van der Waals surface area contributed by atoms with E-state index in [0.717, 1.165) is 25.9 Å². The quantitative estimate of drug-likeness (QED) is 0.766. The molecule has 0 aromatic carbocycles. The lowest BCUT2D eigenvalue weighted by molar-refractivity contribution is -0.140. The maximum atomic E-state index is 13.0. The summed E-state index contributed by atoms with van der Waals surface area (Å²) in [5.41, 5.74) is -0.418. The van der Waals surface area contributed by atoms with E-state index >= 15 is 0 Å². The van der Waals surface area contributed by atoms with E-state index < -0.39 is 0 Å². The summed E-state index contributed by atoms with van der Waals surface area (Å²) in [6, 6.07) is 3.29. The Bertz CT molecular complexity index is 759. The summed E-state index contributed by atoms with van der Waals surface area (Å²) >= 11 is 0. The molecule has 1 aromatic rings. The van der Waals surface area contributed by atoms with E-state index in [0.29, 0.717) is 26.2 Å². The van der Waals surface area contributed by atoms with Crippen LogP contribution in [-0.2, 0) is 11.8 Å². The molecule has 0 spiro atoms. The number of hydrogen-bond donors (Lipinski definition) is 0. The molecule has 1 aromatic heterocycles. The molecule has 7 heteroatoms. The minimum Gasteiger partial charge on any atom is -0.340 e. The van der Waals surface area contributed by atoms with E-state index in [4.69, 9.17) is 0 Å². The van der Waals surface area contributed by atoms with Gasteiger partial charge in [-0.2, -0.15) is 0 Å². The van der Waals surface area contributed by atoms with Crippen molar-refractivity contribution in [1.82, 2.24) is 19.3 Å². The minimum atomic E-state index is -0.330. The Hall–Kier alpha value is -2.15. The number of amides is 2.